The molecule has 1 aliphatic rings. The fourth-order valence-electron chi connectivity index (χ4n) is 2.45. The third-order valence-corrected chi connectivity index (χ3v) is 4.06. The topological polar surface area (TPSA) is 109 Å². The zero-order valence-corrected chi connectivity index (χ0v) is 9.99. The van der Waals surface area contributed by atoms with Gasteiger partial charge in [0.25, 0.3) is 0 Å². The van der Waals surface area contributed by atoms with Crippen LogP contribution in [0.5, 0.6) is 0 Å². The number of carboxylic acid groups (broad SMARTS) is 1. The van der Waals surface area contributed by atoms with Crippen molar-refractivity contribution in [1.82, 2.24) is 0 Å². The quantitative estimate of drug-likeness (QED) is 0.550. The summed E-state index contributed by atoms with van der Waals surface area (Å²) in [6.45, 7) is 1.74. The summed E-state index contributed by atoms with van der Waals surface area (Å²) in [6.07, 6.45) is 5.75. The molecule has 0 saturated heterocycles. The molecule has 0 radical (unpaired) electrons. The minimum atomic E-state index is -0.917. The van der Waals surface area contributed by atoms with Crippen LogP contribution in [0.2, 0.25) is 0 Å². The highest BCUT2D eigenvalue weighted by Gasteiger charge is 2.43. The standard InChI is InChI=1S/C12H19N3O2/c1-11(10(16)17)4-2-9(3-5-11)12(6-13,7-14)8-15/h6-9,13-15H,2-5H2,1H3,(H,16,17). The molecule has 0 bridgehead atoms. The van der Waals surface area contributed by atoms with Gasteiger partial charge in [-0.15, -0.1) is 0 Å². The number of carbonyl (C=O) groups is 1. The molecule has 0 aliphatic heterocycles. The molecule has 0 aromatic heterocycles. The summed E-state index contributed by atoms with van der Waals surface area (Å²) in [5.41, 5.74) is -1.60. The molecule has 5 nitrogen and oxygen atoms in total. The van der Waals surface area contributed by atoms with E-state index in [-0.39, 0.29) is 5.92 Å². The molecule has 1 fully saturated rings. The number of carboxylic acids is 1. The third kappa shape index (κ3) is 2.28. The highest BCUT2D eigenvalue weighted by Crippen LogP contribution is 2.43. The van der Waals surface area contributed by atoms with Crippen LogP contribution in [-0.4, -0.2) is 29.7 Å². The van der Waals surface area contributed by atoms with Crippen molar-refractivity contribution < 1.29 is 9.90 Å². The first-order valence-electron chi connectivity index (χ1n) is 5.72. The molecule has 4 N–H and O–H groups in total. The van der Waals surface area contributed by atoms with Gasteiger partial charge in [0, 0.05) is 18.6 Å². The summed E-state index contributed by atoms with van der Waals surface area (Å²) in [7, 11) is 0. The largest absolute Gasteiger partial charge is 0.481 e. The lowest BCUT2D eigenvalue weighted by Gasteiger charge is -2.39. The number of hydrogen-bond acceptors (Lipinski definition) is 4. The summed E-state index contributed by atoms with van der Waals surface area (Å²) in [4.78, 5) is 11.1. The normalized spacial score (nSPS) is 32.2. The SMILES string of the molecule is CC1(C(=O)O)CCC(C(C=N)(C=N)C=N)CC1. The maximum Gasteiger partial charge on any atom is 0.309 e. The van der Waals surface area contributed by atoms with Gasteiger partial charge in [0.05, 0.1) is 10.8 Å². The zero-order valence-electron chi connectivity index (χ0n) is 9.99. The Morgan fingerprint density at radius 3 is 1.94 bits per heavy atom. The maximum atomic E-state index is 11.1. The van der Waals surface area contributed by atoms with Gasteiger partial charge in [0.2, 0.25) is 0 Å². The highest BCUT2D eigenvalue weighted by atomic mass is 16.4. The van der Waals surface area contributed by atoms with E-state index in [1.54, 1.807) is 6.92 Å². The maximum absolute atomic E-state index is 11.1. The number of nitrogens with one attached hydrogen (secondary N) is 3. The molecule has 94 valence electrons. The van der Waals surface area contributed by atoms with Crippen LogP contribution in [-0.2, 0) is 4.79 Å². The molecule has 0 aromatic carbocycles. The lowest BCUT2D eigenvalue weighted by atomic mass is 9.64. The van der Waals surface area contributed by atoms with Gasteiger partial charge >= 0.3 is 5.97 Å². The van der Waals surface area contributed by atoms with E-state index in [4.69, 9.17) is 21.3 Å². The van der Waals surface area contributed by atoms with Crippen LogP contribution in [0.1, 0.15) is 32.6 Å². The minimum Gasteiger partial charge on any atom is -0.481 e. The summed E-state index contributed by atoms with van der Waals surface area (Å²) in [6, 6.07) is 0. The summed E-state index contributed by atoms with van der Waals surface area (Å²) in [5.74, 6) is -0.775. The third-order valence-electron chi connectivity index (χ3n) is 4.06. The van der Waals surface area contributed by atoms with Crippen molar-refractivity contribution in [3.05, 3.63) is 0 Å². The Kier molecular flexibility index (Phi) is 3.80. The van der Waals surface area contributed by atoms with Gasteiger partial charge < -0.3 is 21.3 Å². The average Bonchev–Trinajstić information content (AvgIpc) is 2.34. The van der Waals surface area contributed by atoms with Gasteiger partial charge in [-0.1, -0.05) is 0 Å². The lowest BCUT2D eigenvalue weighted by molar-refractivity contribution is -0.150. The molecular formula is C12H19N3O2. The van der Waals surface area contributed by atoms with Crippen LogP contribution in [0, 0.1) is 33.0 Å². The smallest absolute Gasteiger partial charge is 0.309 e. The molecule has 0 unspecified atom stereocenters. The van der Waals surface area contributed by atoms with Crippen molar-refractivity contribution >= 4 is 24.6 Å². The molecule has 0 aromatic rings. The summed E-state index contributed by atoms with van der Waals surface area (Å²) >= 11 is 0. The van der Waals surface area contributed by atoms with Gasteiger partial charge in [-0.25, -0.2) is 0 Å². The van der Waals surface area contributed by atoms with Crippen LogP contribution in [0.25, 0.3) is 0 Å². The summed E-state index contributed by atoms with van der Waals surface area (Å²) < 4.78 is 0. The van der Waals surface area contributed by atoms with E-state index in [2.05, 4.69) is 0 Å². The van der Waals surface area contributed by atoms with E-state index in [1.165, 1.54) is 0 Å². The Hall–Kier alpha value is -1.52. The van der Waals surface area contributed by atoms with Gasteiger partial charge in [-0.05, 0) is 38.5 Å². The van der Waals surface area contributed by atoms with E-state index < -0.39 is 16.8 Å². The first kappa shape index (κ1) is 13.5. The van der Waals surface area contributed by atoms with Crippen molar-refractivity contribution in [3.63, 3.8) is 0 Å². The molecular weight excluding hydrogens is 218 g/mol. The zero-order chi connectivity index (χ0) is 13.1. The molecule has 5 heteroatoms. The molecule has 0 atom stereocenters. The van der Waals surface area contributed by atoms with Crippen LogP contribution < -0.4 is 0 Å². The first-order chi connectivity index (χ1) is 7.94. The summed E-state index contributed by atoms with van der Waals surface area (Å²) in [5, 5.41) is 31.3. The molecule has 17 heavy (non-hydrogen) atoms. The van der Waals surface area contributed by atoms with Crippen molar-refractivity contribution in [2.24, 2.45) is 16.7 Å². The van der Waals surface area contributed by atoms with Crippen molar-refractivity contribution in [3.8, 4) is 0 Å². The van der Waals surface area contributed by atoms with Gasteiger partial charge in [-0.3, -0.25) is 4.79 Å². The predicted octanol–water partition coefficient (Wildman–Crippen LogP) is 2.20. The van der Waals surface area contributed by atoms with E-state index in [1.807, 2.05) is 0 Å². The second-order valence-electron chi connectivity index (χ2n) is 5.07. The van der Waals surface area contributed by atoms with E-state index >= 15 is 0 Å². The number of hydrogen-bond donors (Lipinski definition) is 4. The van der Waals surface area contributed by atoms with Crippen LogP contribution in [0.3, 0.4) is 0 Å². The molecule has 1 aliphatic carbocycles. The Labute approximate surface area is 101 Å². The lowest BCUT2D eigenvalue weighted by Crippen LogP contribution is -2.41. The van der Waals surface area contributed by atoms with Gasteiger partial charge in [-0.2, -0.15) is 0 Å². The highest BCUT2D eigenvalue weighted by molar-refractivity contribution is 6.04. The monoisotopic (exact) mass is 237 g/mol. The Bertz CT molecular complexity index is 322. The van der Waals surface area contributed by atoms with E-state index in [9.17, 15) is 4.79 Å². The molecule has 0 spiro atoms. The minimum absolute atomic E-state index is 0.00225. The second-order valence-corrected chi connectivity index (χ2v) is 5.07. The van der Waals surface area contributed by atoms with Crippen LogP contribution in [0.15, 0.2) is 0 Å². The first-order valence-corrected chi connectivity index (χ1v) is 5.72. The van der Waals surface area contributed by atoms with Crippen molar-refractivity contribution in [2.45, 2.75) is 32.6 Å². The van der Waals surface area contributed by atoms with Crippen molar-refractivity contribution in [1.29, 1.82) is 16.2 Å². The number of rotatable bonds is 5. The van der Waals surface area contributed by atoms with Crippen LogP contribution in [0.4, 0.5) is 0 Å². The Balaban J connectivity index is 2.81. The number of aliphatic carboxylic acids is 1. The fraction of sp³-hybridized carbons (Fsp3) is 0.667. The molecule has 0 amide bonds. The van der Waals surface area contributed by atoms with E-state index in [0.29, 0.717) is 25.7 Å². The average molecular weight is 237 g/mol. The predicted molar refractivity (Wildman–Crippen MR) is 66.5 cm³/mol. The van der Waals surface area contributed by atoms with Crippen LogP contribution >= 0.6 is 0 Å². The van der Waals surface area contributed by atoms with E-state index in [0.717, 1.165) is 18.6 Å². The molecule has 0 heterocycles. The molecule has 1 rings (SSSR count). The Morgan fingerprint density at radius 2 is 1.65 bits per heavy atom. The Morgan fingerprint density at radius 1 is 1.24 bits per heavy atom. The van der Waals surface area contributed by atoms with Gasteiger partial charge in [0.15, 0.2) is 0 Å². The van der Waals surface area contributed by atoms with Gasteiger partial charge in [0.1, 0.15) is 0 Å². The molecule has 1 saturated carbocycles. The fourth-order valence-corrected chi connectivity index (χ4v) is 2.45. The second kappa shape index (κ2) is 4.77. The van der Waals surface area contributed by atoms with Crippen molar-refractivity contribution in [2.75, 3.05) is 0 Å².